The molecule has 0 aliphatic carbocycles. The van der Waals surface area contributed by atoms with Crippen LogP contribution in [-0.4, -0.2) is 34.4 Å². The predicted octanol–water partition coefficient (Wildman–Crippen LogP) is 3.75. The number of benzene rings is 1. The van der Waals surface area contributed by atoms with Crippen LogP contribution in [0.25, 0.3) is 22.4 Å². The summed E-state index contributed by atoms with van der Waals surface area (Å²) in [5.74, 6) is 0.0795. The lowest BCUT2D eigenvalue weighted by Crippen LogP contribution is -2.10. The number of hydrogen-bond donors (Lipinski definition) is 1. The van der Waals surface area contributed by atoms with Crippen LogP contribution in [0, 0.1) is 5.82 Å². The van der Waals surface area contributed by atoms with Gasteiger partial charge in [-0.15, -0.1) is 0 Å². The third kappa shape index (κ3) is 4.57. The van der Waals surface area contributed by atoms with Crippen molar-refractivity contribution < 1.29 is 13.9 Å². The monoisotopic (exact) mass is 368 g/mol. The van der Waals surface area contributed by atoms with E-state index in [-0.39, 0.29) is 11.7 Å². The van der Waals surface area contributed by atoms with Crippen molar-refractivity contribution in [2.75, 3.05) is 19.0 Å². The van der Waals surface area contributed by atoms with Gasteiger partial charge >= 0.3 is 0 Å². The highest BCUT2D eigenvalue weighted by Gasteiger charge is 2.14. The summed E-state index contributed by atoms with van der Waals surface area (Å²) in [4.78, 5) is 15.8. The summed E-state index contributed by atoms with van der Waals surface area (Å²) in [6.07, 6.45) is 3.93. The van der Waals surface area contributed by atoms with Crippen molar-refractivity contribution in [1.29, 1.82) is 0 Å². The van der Waals surface area contributed by atoms with Gasteiger partial charge < -0.3 is 10.1 Å². The quantitative estimate of drug-likeness (QED) is 0.690. The fourth-order valence-corrected chi connectivity index (χ4v) is 2.65. The van der Waals surface area contributed by atoms with Crippen molar-refractivity contribution in [1.82, 2.24) is 14.8 Å². The van der Waals surface area contributed by atoms with Crippen molar-refractivity contribution in [2.45, 2.75) is 19.9 Å². The summed E-state index contributed by atoms with van der Waals surface area (Å²) >= 11 is 0. The maximum atomic E-state index is 13.3. The molecular formula is C20H21FN4O2. The summed E-state index contributed by atoms with van der Waals surface area (Å²) in [6.45, 7) is 2.90. The topological polar surface area (TPSA) is 69.0 Å². The first kappa shape index (κ1) is 18.7. The molecule has 3 rings (SSSR count). The molecule has 140 valence electrons. The molecule has 0 aliphatic heterocycles. The Morgan fingerprint density at radius 1 is 1.22 bits per heavy atom. The van der Waals surface area contributed by atoms with Gasteiger partial charge in [0.1, 0.15) is 17.3 Å². The number of methoxy groups -OCH3 is 1. The number of rotatable bonds is 7. The summed E-state index contributed by atoms with van der Waals surface area (Å²) in [6, 6.07) is 9.87. The third-order valence-electron chi connectivity index (χ3n) is 4.06. The number of anilines is 1. The molecule has 2 heterocycles. The van der Waals surface area contributed by atoms with E-state index in [1.807, 2.05) is 12.3 Å². The van der Waals surface area contributed by atoms with Gasteiger partial charge in [0, 0.05) is 37.1 Å². The molecule has 0 spiro atoms. The van der Waals surface area contributed by atoms with E-state index in [2.05, 4.69) is 15.4 Å². The van der Waals surface area contributed by atoms with E-state index in [0.29, 0.717) is 25.4 Å². The molecule has 7 heteroatoms. The van der Waals surface area contributed by atoms with Gasteiger partial charge in [-0.25, -0.2) is 9.37 Å². The van der Waals surface area contributed by atoms with E-state index in [1.54, 1.807) is 43.1 Å². The van der Waals surface area contributed by atoms with E-state index in [1.165, 1.54) is 12.1 Å². The summed E-state index contributed by atoms with van der Waals surface area (Å²) < 4.78 is 20.2. The fourth-order valence-electron chi connectivity index (χ4n) is 2.65. The van der Waals surface area contributed by atoms with Gasteiger partial charge in [0.25, 0.3) is 0 Å². The van der Waals surface area contributed by atoms with Gasteiger partial charge in [-0.05, 0) is 42.0 Å². The second-order valence-corrected chi connectivity index (χ2v) is 5.99. The van der Waals surface area contributed by atoms with Crippen LogP contribution in [0.15, 0.2) is 48.8 Å². The van der Waals surface area contributed by atoms with Crippen molar-refractivity contribution >= 4 is 11.7 Å². The number of nitrogens with zero attached hydrogens (tertiary/aromatic N) is 3. The SMILES string of the molecule is CCC(=O)Nc1cc(-c2cn(CCOC)nc2-c2ccc(F)cc2)ccn1. The van der Waals surface area contributed by atoms with Crippen LogP contribution < -0.4 is 5.32 Å². The standard InChI is InChI=1S/C20H21FN4O2/c1-3-19(26)23-18-12-15(8-9-22-18)17-13-25(10-11-27-2)24-20(17)14-4-6-16(21)7-5-14/h4-9,12-13H,3,10-11H2,1-2H3,(H,22,23,26). The van der Waals surface area contributed by atoms with Gasteiger partial charge in [0.05, 0.1) is 13.2 Å². The Morgan fingerprint density at radius 3 is 2.70 bits per heavy atom. The van der Waals surface area contributed by atoms with Crippen LogP contribution in [0.1, 0.15) is 13.3 Å². The van der Waals surface area contributed by atoms with Crippen LogP contribution in [0.5, 0.6) is 0 Å². The minimum atomic E-state index is -0.299. The molecule has 1 amide bonds. The first-order valence-corrected chi connectivity index (χ1v) is 8.69. The lowest BCUT2D eigenvalue weighted by molar-refractivity contribution is -0.115. The number of aromatic nitrogens is 3. The zero-order valence-electron chi connectivity index (χ0n) is 15.3. The second kappa shape index (κ2) is 8.55. The number of amides is 1. The van der Waals surface area contributed by atoms with Crippen molar-refractivity contribution in [3.8, 4) is 22.4 Å². The van der Waals surface area contributed by atoms with Crippen LogP contribution >= 0.6 is 0 Å². The number of carbonyl (C=O) groups excluding carboxylic acids is 1. The molecule has 6 nitrogen and oxygen atoms in total. The lowest BCUT2D eigenvalue weighted by Gasteiger charge is -2.06. The zero-order chi connectivity index (χ0) is 19.2. The van der Waals surface area contributed by atoms with Crippen LogP contribution in [0.3, 0.4) is 0 Å². The Morgan fingerprint density at radius 2 is 2.00 bits per heavy atom. The Bertz CT molecular complexity index is 922. The zero-order valence-corrected chi connectivity index (χ0v) is 15.3. The summed E-state index contributed by atoms with van der Waals surface area (Å²) in [5.41, 5.74) is 3.26. The average Bonchev–Trinajstić information content (AvgIpc) is 3.11. The third-order valence-corrected chi connectivity index (χ3v) is 4.06. The largest absolute Gasteiger partial charge is 0.383 e. The number of pyridine rings is 1. The van der Waals surface area contributed by atoms with E-state index < -0.39 is 0 Å². The Kier molecular flexibility index (Phi) is 5.93. The Hall–Kier alpha value is -3.06. The molecule has 0 atom stereocenters. The average molecular weight is 368 g/mol. The molecule has 1 N–H and O–H groups in total. The van der Waals surface area contributed by atoms with Crippen LogP contribution in [-0.2, 0) is 16.1 Å². The van der Waals surface area contributed by atoms with Crippen LogP contribution in [0.2, 0.25) is 0 Å². The maximum absolute atomic E-state index is 13.3. The molecular weight excluding hydrogens is 347 g/mol. The first-order valence-electron chi connectivity index (χ1n) is 8.69. The fraction of sp³-hybridized carbons (Fsp3) is 0.250. The molecule has 0 bridgehead atoms. The van der Waals surface area contributed by atoms with E-state index in [9.17, 15) is 9.18 Å². The van der Waals surface area contributed by atoms with Gasteiger partial charge in [0.15, 0.2) is 0 Å². The summed E-state index contributed by atoms with van der Waals surface area (Å²) in [7, 11) is 1.64. The van der Waals surface area contributed by atoms with E-state index in [0.717, 1.165) is 22.4 Å². The van der Waals surface area contributed by atoms with Crippen LogP contribution in [0.4, 0.5) is 10.2 Å². The van der Waals surface area contributed by atoms with E-state index >= 15 is 0 Å². The highest BCUT2D eigenvalue weighted by Crippen LogP contribution is 2.32. The molecule has 1 aromatic carbocycles. The van der Waals surface area contributed by atoms with Gasteiger partial charge in [-0.2, -0.15) is 5.10 Å². The molecule has 0 aliphatic rings. The Balaban J connectivity index is 2.02. The number of halogens is 1. The Labute approximate surface area is 157 Å². The van der Waals surface area contributed by atoms with Crippen molar-refractivity contribution in [3.63, 3.8) is 0 Å². The molecule has 0 saturated carbocycles. The second-order valence-electron chi connectivity index (χ2n) is 5.99. The molecule has 0 unspecified atom stereocenters. The van der Waals surface area contributed by atoms with Gasteiger partial charge in [0.2, 0.25) is 5.91 Å². The summed E-state index contributed by atoms with van der Waals surface area (Å²) in [5, 5.41) is 7.40. The van der Waals surface area contributed by atoms with Crippen molar-refractivity contribution in [3.05, 3.63) is 54.6 Å². The molecule has 0 radical (unpaired) electrons. The number of nitrogens with one attached hydrogen (secondary N) is 1. The minimum absolute atomic E-state index is 0.103. The molecule has 2 aromatic heterocycles. The van der Waals surface area contributed by atoms with Crippen molar-refractivity contribution in [2.24, 2.45) is 0 Å². The number of carbonyl (C=O) groups is 1. The normalized spacial score (nSPS) is 10.8. The molecule has 27 heavy (non-hydrogen) atoms. The first-order chi connectivity index (χ1) is 13.1. The minimum Gasteiger partial charge on any atom is -0.383 e. The molecule has 3 aromatic rings. The van der Waals surface area contributed by atoms with Gasteiger partial charge in [-0.1, -0.05) is 6.92 Å². The van der Waals surface area contributed by atoms with E-state index in [4.69, 9.17) is 4.74 Å². The number of hydrogen-bond acceptors (Lipinski definition) is 4. The smallest absolute Gasteiger partial charge is 0.225 e. The predicted molar refractivity (Wildman–Crippen MR) is 102 cm³/mol. The highest BCUT2D eigenvalue weighted by atomic mass is 19.1. The molecule has 0 fully saturated rings. The van der Waals surface area contributed by atoms with Gasteiger partial charge in [-0.3, -0.25) is 9.48 Å². The highest BCUT2D eigenvalue weighted by molar-refractivity contribution is 5.90. The lowest BCUT2D eigenvalue weighted by atomic mass is 10.0. The number of ether oxygens (including phenoxy) is 1. The maximum Gasteiger partial charge on any atom is 0.225 e. The molecule has 0 saturated heterocycles.